The highest BCUT2D eigenvalue weighted by atomic mass is 32.1. The Labute approximate surface area is 131 Å². The van der Waals surface area contributed by atoms with Crippen LogP contribution in [0.15, 0.2) is 22.7 Å². The SMILES string of the molecule is [3H]c1csc(OCc2c(-n3nnn(C)c3=O)ncn2C(F)(F)F)n1. The highest BCUT2D eigenvalue weighted by Gasteiger charge is 2.35. The number of hydrogen-bond acceptors (Lipinski definition) is 7. The van der Waals surface area contributed by atoms with Gasteiger partial charge in [-0.15, -0.1) is 17.9 Å². The third kappa shape index (κ3) is 2.81. The van der Waals surface area contributed by atoms with Gasteiger partial charge in [0, 0.05) is 18.6 Å². The summed E-state index contributed by atoms with van der Waals surface area (Å²) in [5, 5.41) is 8.30. The molecule has 3 heterocycles. The smallest absolute Gasteiger partial charge is 0.463 e. The molecule has 0 aliphatic carbocycles. The van der Waals surface area contributed by atoms with Crippen LogP contribution < -0.4 is 10.4 Å². The first-order valence-electron chi connectivity index (χ1n) is 6.45. The van der Waals surface area contributed by atoms with Gasteiger partial charge in [0.15, 0.2) is 5.82 Å². The molecule has 9 nitrogen and oxygen atoms in total. The van der Waals surface area contributed by atoms with Gasteiger partial charge in [-0.05, 0) is 10.4 Å². The number of ether oxygens (including phenoxy) is 1. The van der Waals surface area contributed by atoms with E-state index in [0.29, 0.717) is 11.0 Å². The van der Waals surface area contributed by atoms with Crippen LogP contribution in [-0.2, 0) is 20.0 Å². The molecule has 0 radical (unpaired) electrons. The summed E-state index contributed by atoms with van der Waals surface area (Å²) in [7, 11) is 1.30. The minimum Gasteiger partial charge on any atom is -0.463 e. The molecular formula is C10H8F3N7O2S. The second kappa shape index (κ2) is 5.49. The first-order chi connectivity index (χ1) is 11.3. The molecule has 3 aromatic rings. The Bertz CT molecular complexity index is 928. The minimum absolute atomic E-state index is 0.0207. The first-order valence-corrected chi connectivity index (χ1v) is 6.83. The summed E-state index contributed by atoms with van der Waals surface area (Å²) in [5.74, 6) is -0.354. The van der Waals surface area contributed by atoms with Gasteiger partial charge in [0.05, 0.1) is 1.37 Å². The van der Waals surface area contributed by atoms with E-state index in [1.165, 1.54) is 12.4 Å². The summed E-state index contributed by atoms with van der Waals surface area (Å²) in [6.45, 7) is -0.579. The standard InChI is InChI=1S/C10H8F3N7O2S/c1-18-9(21)20(17-16-18)7-6(4-22-8-14-2-3-23-8)19(5-15-7)10(11,12)13/h2-3,5H,4H2,1H3/i2T. The molecule has 13 heteroatoms. The van der Waals surface area contributed by atoms with Crippen molar-refractivity contribution in [3.8, 4) is 11.0 Å². The monoisotopic (exact) mass is 349 g/mol. The molecule has 23 heavy (non-hydrogen) atoms. The van der Waals surface area contributed by atoms with Crippen LogP contribution >= 0.6 is 11.3 Å². The lowest BCUT2D eigenvalue weighted by atomic mass is 10.4. The van der Waals surface area contributed by atoms with E-state index < -0.39 is 24.3 Å². The lowest BCUT2D eigenvalue weighted by molar-refractivity contribution is -0.206. The van der Waals surface area contributed by atoms with Gasteiger partial charge < -0.3 is 4.74 Å². The lowest BCUT2D eigenvalue weighted by Crippen LogP contribution is -2.25. The second-order valence-corrected chi connectivity index (χ2v) is 5.00. The number of aryl methyl sites for hydroxylation is 1. The number of alkyl halides is 3. The summed E-state index contributed by atoms with van der Waals surface area (Å²) in [6.07, 6.45) is -4.31. The molecule has 0 amide bonds. The van der Waals surface area contributed by atoms with Crippen LogP contribution in [0.3, 0.4) is 0 Å². The van der Waals surface area contributed by atoms with Crippen LogP contribution in [0.25, 0.3) is 5.82 Å². The molecule has 0 aliphatic rings. The lowest BCUT2D eigenvalue weighted by Gasteiger charge is -2.12. The van der Waals surface area contributed by atoms with E-state index >= 15 is 0 Å². The van der Waals surface area contributed by atoms with Crippen LogP contribution in [0.2, 0.25) is 0 Å². The normalized spacial score (nSPS) is 12.4. The summed E-state index contributed by atoms with van der Waals surface area (Å²) in [4.78, 5) is 19.1. The maximum Gasteiger partial charge on any atom is 0.490 e. The van der Waals surface area contributed by atoms with Crippen molar-refractivity contribution in [3.63, 3.8) is 0 Å². The quantitative estimate of drug-likeness (QED) is 0.688. The van der Waals surface area contributed by atoms with Crippen molar-refractivity contribution in [2.45, 2.75) is 12.9 Å². The Morgan fingerprint density at radius 1 is 1.39 bits per heavy atom. The Balaban J connectivity index is 2.02. The van der Waals surface area contributed by atoms with Crippen molar-refractivity contribution in [3.05, 3.63) is 34.1 Å². The van der Waals surface area contributed by atoms with Crippen LogP contribution in [-0.4, -0.2) is 34.3 Å². The molecule has 3 aromatic heterocycles. The van der Waals surface area contributed by atoms with E-state index in [4.69, 9.17) is 6.11 Å². The largest absolute Gasteiger partial charge is 0.490 e. The van der Waals surface area contributed by atoms with Crippen molar-refractivity contribution in [1.82, 2.24) is 34.3 Å². The fraction of sp³-hybridized carbons (Fsp3) is 0.300. The van der Waals surface area contributed by atoms with Gasteiger partial charge in [0.25, 0.3) is 5.19 Å². The minimum atomic E-state index is -4.76. The predicted molar refractivity (Wildman–Crippen MR) is 70.1 cm³/mol. The molecule has 0 N–H and O–H groups in total. The average Bonchev–Trinajstić information content (AvgIpc) is 3.17. The topological polar surface area (TPSA) is 92.6 Å². The van der Waals surface area contributed by atoms with Crippen LogP contribution in [0.5, 0.6) is 5.19 Å². The number of hydrogen-bond donors (Lipinski definition) is 0. The average molecular weight is 349 g/mol. The number of halogens is 3. The fourth-order valence-electron chi connectivity index (χ4n) is 1.72. The summed E-state index contributed by atoms with van der Waals surface area (Å²) >= 11 is 0.961. The van der Waals surface area contributed by atoms with Crippen molar-refractivity contribution in [1.29, 1.82) is 0 Å². The Kier molecular flexibility index (Phi) is 3.33. The zero-order valence-electron chi connectivity index (χ0n) is 12.4. The highest BCUT2D eigenvalue weighted by molar-refractivity contribution is 7.11. The van der Waals surface area contributed by atoms with Crippen molar-refractivity contribution < 1.29 is 19.3 Å². The van der Waals surface area contributed by atoms with Gasteiger partial charge in [-0.25, -0.2) is 19.3 Å². The van der Waals surface area contributed by atoms with Gasteiger partial charge in [0.2, 0.25) is 0 Å². The number of imidazole rings is 1. The van der Waals surface area contributed by atoms with Crippen molar-refractivity contribution in [2.75, 3.05) is 0 Å². The summed E-state index contributed by atoms with van der Waals surface area (Å²) in [5.41, 5.74) is -1.21. The molecule has 0 bridgehead atoms. The Morgan fingerprint density at radius 2 is 2.17 bits per heavy atom. The molecule has 0 aromatic carbocycles. The molecule has 0 saturated carbocycles. The number of thiazole rings is 1. The molecule has 0 saturated heterocycles. The zero-order chi connectivity index (χ0) is 17.5. The third-order valence-corrected chi connectivity index (χ3v) is 3.37. The Hall–Kier alpha value is -2.70. The van der Waals surface area contributed by atoms with Crippen molar-refractivity contribution in [2.24, 2.45) is 7.05 Å². The van der Waals surface area contributed by atoms with E-state index in [0.717, 1.165) is 16.0 Å². The summed E-state index contributed by atoms with van der Waals surface area (Å²) in [6, 6.07) is 0. The molecule has 0 atom stereocenters. The molecule has 3 rings (SSSR count). The second-order valence-electron chi connectivity index (χ2n) is 4.18. The van der Waals surface area contributed by atoms with Crippen LogP contribution in [0, 0.1) is 0 Å². The van der Waals surface area contributed by atoms with E-state index in [1.54, 1.807) is 0 Å². The molecule has 0 unspecified atom stereocenters. The summed E-state index contributed by atoms with van der Waals surface area (Å²) < 4.78 is 53.2. The molecule has 0 aliphatic heterocycles. The number of tetrazole rings is 1. The van der Waals surface area contributed by atoms with Crippen LogP contribution in [0.4, 0.5) is 13.2 Å². The number of nitrogens with zero attached hydrogens (tertiary/aromatic N) is 7. The predicted octanol–water partition coefficient (Wildman–Crippen LogP) is 0.674. The number of aromatic nitrogens is 7. The first kappa shape index (κ1) is 13.9. The maximum absolute atomic E-state index is 13.1. The molecule has 0 spiro atoms. The van der Waals surface area contributed by atoms with Gasteiger partial charge in [-0.3, -0.25) is 0 Å². The van der Waals surface area contributed by atoms with Crippen LogP contribution in [0.1, 0.15) is 7.06 Å². The zero-order valence-corrected chi connectivity index (χ0v) is 12.2. The van der Waals surface area contributed by atoms with Crippen molar-refractivity contribution >= 4 is 11.3 Å². The highest BCUT2D eigenvalue weighted by Crippen LogP contribution is 2.27. The van der Waals surface area contributed by atoms with E-state index in [2.05, 4.69) is 20.4 Å². The Morgan fingerprint density at radius 3 is 2.74 bits per heavy atom. The van der Waals surface area contributed by atoms with E-state index in [9.17, 15) is 18.0 Å². The number of rotatable bonds is 4. The fourth-order valence-corrected chi connectivity index (χ4v) is 2.16. The van der Waals surface area contributed by atoms with Gasteiger partial charge in [-0.1, -0.05) is 11.3 Å². The molecule has 122 valence electrons. The van der Waals surface area contributed by atoms with Gasteiger partial charge >= 0.3 is 12.0 Å². The van der Waals surface area contributed by atoms with E-state index in [1.807, 2.05) is 0 Å². The maximum atomic E-state index is 13.1. The van der Waals surface area contributed by atoms with E-state index in [-0.39, 0.29) is 21.8 Å². The molecular weight excluding hydrogens is 339 g/mol. The van der Waals surface area contributed by atoms with Gasteiger partial charge in [0.1, 0.15) is 18.6 Å². The third-order valence-electron chi connectivity index (χ3n) is 2.74. The molecule has 0 fully saturated rings. The van der Waals surface area contributed by atoms with Gasteiger partial charge in [-0.2, -0.15) is 4.68 Å².